The summed E-state index contributed by atoms with van der Waals surface area (Å²) in [7, 11) is 0. The molecule has 0 aromatic heterocycles. The van der Waals surface area contributed by atoms with E-state index in [-0.39, 0.29) is 90.9 Å². The fourth-order valence-electron chi connectivity index (χ4n) is 3.12. The van der Waals surface area contributed by atoms with Gasteiger partial charge in [-0.1, -0.05) is 0 Å². The van der Waals surface area contributed by atoms with Crippen molar-refractivity contribution in [2.45, 2.75) is 58.1 Å². The summed E-state index contributed by atoms with van der Waals surface area (Å²) in [6.07, 6.45) is -0.917. The van der Waals surface area contributed by atoms with Gasteiger partial charge in [-0.3, -0.25) is 19.2 Å². The average Bonchev–Trinajstić information content (AvgIpc) is 2.94. The van der Waals surface area contributed by atoms with Crippen LogP contribution in [0.5, 0.6) is 0 Å². The van der Waals surface area contributed by atoms with Gasteiger partial charge in [0.15, 0.2) is 0 Å². The Morgan fingerprint density at radius 3 is 1.40 bits per heavy atom. The molecule has 0 saturated heterocycles. The van der Waals surface area contributed by atoms with E-state index in [0.717, 1.165) is 0 Å². The molecule has 0 heterocycles. The SMILES string of the molecule is CC(C)(C)OC(=O)N[C@@H](CCC(=O)NCCOCCOCCOCCC(=O)O)C(=O)NCCOCCOCCOCCC(=O)O. The molecule has 0 aliphatic rings. The van der Waals surface area contributed by atoms with Crippen molar-refractivity contribution in [3.05, 3.63) is 0 Å². The van der Waals surface area contributed by atoms with Crippen molar-refractivity contribution in [1.82, 2.24) is 16.0 Å². The van der Waals surface area contributed by atoms with Crippen LogP contribution in [0.4, 0.5) is 4.79 Å². The van der Waals surface area contributed by atoms with Crippen molar-refractivity contribution in [2.24, 2.45) is 0 Å². The molecule has 3 amide bonds. The fraction of sp³-hybridized carbons (Fsp3) is 0.821. The maximum absolute atomic E-state index is 12.7. The lowest BCUT2D eigenvalue weighted by Gasteiger charge is -2.23. The number of rotatable bonds is 29. The zero-order chi connectivity index (χ0) is 33.8. The molecular weight excluding hydrogens is 602 g/mol. The number of nitrogens with one attached hydrogen (secondary N) is 3. The molecule has 262 valence electrons. The van der Waals surface area contributed by atoms with Gasteiger partial charge in [0.05, 0.1) is 92.1 Å². The van der Waals surface area contributed by atoms with E-state index in [4.69, 9.17) is 43.4 Å². The lowest BCUT2D eigenvalue weighted by molar-refractivity contribution is -0.139. The van der Waals surface area contributed by atoms with Crippen molar-refractivity contribution in [2.75, 3.05) is 92.4 Å². The molecule has 0 saturated carbocycles. The van der Waals surface area contributed by atoms with Gasteiger partial charge in [0.1, 0.15) is 11.6 Å². The smallest absolute Gasteiger partial charge is 0.408 e. The van der Waals surface area contributed by atoms with Gasteiger partial charge < -0.3 is 59.3 Å². The summed E-state index contributed by atoms with van der Waals surface area (Å²) in [5, 5.41) is 24.9. The maximum atomic E-state index is 12.7. The Kier molecular flexibility index (Phi) is 25.4. The molecule has 0 aliphatic heterocycles. The molecule has 0 radical (unpaired) electrons. The number of carboxylic acids is 2. The topological polar surface area (TPSA) is 227 Å². The van der Waals surface area contributed by atoms with Gasteiger partial charge in [-0.15, -0.1) is 0 Å². The Bertz CT molecular complexity index is 838. The van der Waals surface area contributed by atoms with Crippen LogP contribution < -0.4 is 16.0 Å². The van der Waals surface area contributed by atoms with Gasteiger partial charge in [-0.05, 0) is 27.2 Å². The minimum Gasteiger partial charge on any atom is -0.481 e. The third-order valence-corrected chi connectivity index (χ3v) is 5.19. The predicted octanol–water partition coefficient (Wildman–Crippen LogP) is -0.0587. The number of hydrogen-bond acceptors (Lipinski definition) is 12. The van der Waals surface area contributed by atoms with Crippen LogP contribution in [-0.4, -0.2) is 144 Å². The third kappa shape index (κ3) is 30.7. The average molecular weight is 654 g/mol. The van der Waals surface area contributed by atoms with Gasteiger partial charge in [-0.25, -0.2) is 4.79 Å². The molecule has 0 rings (SSSR count). The normalized spacial score (nSPS) is 11.9. The number of ether oxygens (including phenoxy) is 7. The van der Waals surface area contributed by atoms with E-state index in [9.17, 15) is 24.0 Å². The Hall–Kier alpha value is -3.09. The maximum Gasteiger partial charge on any atom is 0.408 e. The fourth-order valence-corrected chi connectivity index (χ4v) is 3.12. The highest BCUT2D eigenvalue weighted by Gasteiger charge is 2.25. The summed E-state index contributed by atoms with van der Waals surface area (Å²) in [6.45, 7) is 8.50. The molecule has 0 bridgehead atoms. The second kappa shape index (κ2) is 27.2. The minimum absolute atomic E-state index is 0.0311. The Labute approximate surface area is 263 Å². The van der Waals surface area contributed by atoms with Gasteiger partial charge in [0.2, 0.25) is 11.8 Å². The van der Waals surface area contributed by atoms with Crippen molar-refractivity contribution in [3.8, 4) is 0 Å². The number of carbonyl (C=O) groups is 5. The highest BCUT2D eigenvalue weighted by Crippen LogP contribution is 2.08. The first kappa shape index (κ1) is 41.9. The van der Waals surface area contributed by atoms with E-state index in [1.54, 1.807) is 20.8 Å². The Morgan fingerprint density at radius 1 is 0.578 bits per heavy atom. The lowest BCUT2D eigenvalue weighted by Crippen LogP contribution is -2.49. The number of carboxylic acid groups (broad SMARTS) is 2. The summed E-state index contributed by atoms with van der Waals surface area (Å²) in [4.78, 5) is 58.1. The molecule has 0 aromatic rings. The monoisotopic (exact) mass is 653 g/mol. The molecule has 5 N–H and O–H groups in total. The first-order valence-electron chi connectivity index (χ1n) is 14.8. The van der Waals surface area contributed by atoms with Crippen LogP contribution in [-0.2, 0) is 52.3 Å². The van der Waals surface area contributed by atoms with E-state index >= 15 is 0 Å². The number of aliphatic carboxylic acids is 2. The quantitative estimate of drug-likeness (QED) is 0.0667. The first-order chi connectivity index (χ1) is 21.4. The Morgan fingerprint density at radius 2 is 0.978 bits per heavy atom. The number of hydrogen-bond donors (Lipinski definition) is 5. The number of alkyl carbamates (subject to hydrolysis) is 1. The van der Waals surface area contributed by atoms with E-state index in [0.29, 0.717) is 33.0 Å². The van der Waals surface area contributed by atoms with E-state index in [1.165, 1.54) is 0 Å². The molecular formula is C28H51N3O14. The zero-order valence-electron chi connectivity index (χ0n) is 26.6. The van der Waals surface area contributed by atoms with Gasteiger partial charge in [0.25, 0.3) is 0 Å². The molecule has 17 nitrogen and oxygen atoms in total. The standard InChI is InChI=1S/C28H51N3O14/c1-28(2,3)45-27(38)31-22(26(37)30-9-13-42-17-21-44-19-15-40-11-7-25(35)36)4-5-23(32)29-8-12-41-16-20-43-18-14-39-10-6-24(33)34/h22H,4-21H2,1-3H3,(H,29,32)(H,30,37)(H,31,38)(H,33,34)(H,35,36)/t22-/m0/s1. The molecule has 45 heavy (non-hydrogen) atoms. The van der Waals surface area contributed by atoms with Crippen molar-refractivity contribution >= 4 is 29.8 Å². The van der Waals surface area contributed by atoms with Crippen LogP contribution in [0.15, 0.2) is 0 Å². The Balaban J connectivity index is 4.18. The van der Waals surface area contributed by atoms with Gasteiger partial charge in [0, 0.05) is 19.5 Å². The summed E-state index contributed by atoms with van der Waals surface area (Å²) in [6, 6.07) is -1.02. The number of amides is 3. The van der Waals surface area contributed by atoms with E-state index < -0.39 is 35.6 Å². The zero-order valence-corrected chi connectivity index (χ0v) is 26.6. The molecule has 0 aromatic carbocycles. The molecule has 0 fully saturated rings. The van der Waals surface area contributed by atoms with Crippen LogP contribution in [0.1, 0.15) is 46.5 Å². The van der Waals surface area contributed by atoms with Crippen molar-refractivity contribution in [3.63, 3.8) is 0 Å². The summed E-state index contributed by atoms with van der Waals surface area (Å²) in [5.41, 5.74) is -0.774. The summed E-state index contributed by atoms with van der Waals surface area (Å²) >= 11 is 0. The van der Waals surface area contributed by atoms with Crippen LogP contribution in [0.25, 0.3) is 0 Å². The van der Waals surface area contributed by atoms with E-state index in [1.807, 2.05) is 0 Å². The van der Waals surface area contributed by atoms with Crippen molar-refractivity contribution in [1.29, 1.82) is 0 Å². The highest BCUT2D eigenvalue weighted by molar-refractivity contribution is 5.86. The van der Waals surface area contributed by atoms with E-state index in [2.05, 4.69) is 16.0 Å². The molecule has 0 spiro atoms. The lowest BCUT2D eigenvalue weighted by atomic mass is 10.1. The third-order valence-electron chi connectivity index (χ3n) is 5.19. The highest BCUT2D eigenvalue weighted by atomic mass is 16.6. The minimum atomic E-state index is -1.02. The van der Waals surface area contributed by atoms with Crippen LogP contribution in [0.3, 0.4) is 0 Å². The molecule has 0 aliphatic carbocycles. The van der Waals surface area contributed by atoms with Crippen LogP contribution in [0.2, 0.25) is 0 Å². The molecule has 1 atom stereocenters. The summed E-state index contributed by atoms with van der Waals surface area (Å²) < 4.78 is 36.8. The van der Waals surface area contributed by atoms with Crippen LogP contribution >= 0.6 is 0 Å². The van der Waals surface area contributed by atoms with Crippen LogP contribution in [0, 0.1) is 0 Å². The number of carbonyl (C=O) groups excluding carboxylic acids is 3. The largest absolute Gasteiger partial charge is 0.481 e. The molecule has 17 heteroatoms. The second-order valence-electron chi connectivity index (χ2n) is 10.3. The predicted molar refractivity (Wildman–Crippen MR) is 158 cm³/mol. The molecule has 0 unspecified atom stereocenters. The first-order valence-corrected chi connectivity index (χ1v) is 14.8. The van der Waals surface area contributed by atoms with Gasteiger partial charge >= 0.3 is 18.0 Å². The van der Waals surface area contributed by atoms with Crippen molar-refractivity contribution < 1.29 is 67.3 Å². The second-order valence-corrected chi connectivity index (χ2v) is 10.3. The summed E-state index contributed by atoms with van der Waals surface area (Å²) in [5.74, 6) is -2.67. The van der Waals surface area contributed by atoms with Gasteiger partial charge in [-0.2, -0.15) is 0 Å².